The number of anilines is 3. The molecule has 2 unspecified atom stereocenters. The standard InChI is InChI=1S/C23H26F2N4O4/c1-14-12-20(30)26-16-8-4-6-10-18(16)29(14)21(31)13-28(3)15(2)22(32)27-17-9-5-7-11-19(17)33-23(24)25/h4-11,14-15,23H,12-13H2,1-3H3,(H,26,30)(H,27,32). The van der Waals surface area contributed by atoms with Gasteiger partial charge in [-0.15, -0.1) is 0 Å². The number of hydrogen-bond donors (Lipinski definition) is 2. The van der Waals surface area contributed by atoms with Crippen LogP contribution in [0.15, 0.2) is 48.5 Å². The van der Waals surface area contributed by atoms with E-state index >= 15 is 0 Å². The molecule has 2 aromatic carbocycles. The molecule has 1 aliphatic heterocycles. The molecule has 176 valence electrons. The largest absolute Gasteiger partial charge is 0.433 e. The molecule has 3 amide bonds. The van der Waals surface area contributed by atoms with Crippen molar-refractivity contribution in [3.05, 3.63) is 48.5 Å². The van der Waals surface area contributed by atoms with E-state index in [0.29, 0.717) is 11.4 Å². The minimum Gasteiger partial charge on any atom is -0.433 e. The van der Waals surface area contributed by atoms with E-state index in [1.165, 1.54) is 18.2 Å². The first-order valence-electron chi connectivity index (χ1n) is 10.4. The van der Waals surface area contributed by atoms with Crippen LogP contribution in [-0.2, 0) is 14.4 Å². The van der Waals surface area contributed by atoms with E-state index in [1.807, 2.05) is 0 Å². The summed E-state index contributed by atoms with van der Waals surface area (Å²) >= 11 is 0. The lowest BCUT2D eigenvalue weighted by Gasteiger charge is -2.31. The van der Waals surface area contributed by atoms with E-state index in [4.69, 9.17) is 0 Å². The summed E-state index contributed by atoms with van der Waals surface area (Å²) in [6.07, 6.45) is 0.140. The number of hydrogen-bond acceptors (Lipinski definition) is 5. The molecular weight excluding hydrogens is 434 g/mol. The molecule has 3 rings (SSSR count). The minimum atomic E-state index is -3.03. The quantitative estimate of drug-likeness (QED) is 0.662. The van der Waals surface area contributed by atoms with Crippen LogP contribution in [-0.4, -0.2) is 54.9 Å². The second kappa shape index (κ2) is 10.4. The fraction of sp³-hybridized carbons (Fsp3) is 0.348. The highest BCUT2D eigenvalue weighted by Crippen LogP contribution is 2.31. The van der Waals surface area contributed by atoms with Crippen molar-refractivity contribution in [2.45, 2.75) is 39.0 Å². The molecule has 0 bridgehead atoms. The van der Waals surface area contributed by atoms with Crippen molar-refractivity contribution in [2.24, 2.45) is 0 Å². The summed E-state index contributed by atoms with van der Waals surface area (Å²) in [4.78, 5) is 41.2. The number of para-hydroxylation sites is 4. The van der Waals surface area contributed by atoms with Gasteiger partial charge in [0.15, 0.2) is 0 Å². The molecule has 0 fully saturated rings. The number of ether oxygens (including phenoxy) is 1. The predicted octanol–water partition coefficient (Wildman–Crippen LogP) is 3.31. The average Bonchev–Trinajstić information content (AvgIpc) is 2.88. The molecule has 33 heavy (non-hydrogen) atoms. The number of amides is 3. The molecule has 10 heteroatoms. The Morgan fingerprint density at radius 3 is 2.61 bits per heavy atom. The smallest absolute Gasteiger partial charge is 0.387 e. The minimum absolute atomic E-state index is 0.101. The van der Waals surface area contributed by atoms with Crippen LogP contribution in [0.5, 0.6) is 5.75 Å². The van der Waals surface area contributed by atoms with Gasteiger partial charge in [0, 0.05) is 12.5 Å². The first-order valence-corrected chi connectivity index (χ1v) is 10.4. The van der Waals surface area contributed by atoms with Crippen LogP contribution in [0, 0.1) is 0 Å². The highest BCUT2D eigenvalue weighted by molar-refractivity contribution is 6.05. The molecule has 0 radical (unpaired) electrons. The second-order valence-corrected chi connectivity index (χ2v) is 7.84. The topological polar surface area (TPSA) is 91.0 Å². The molecule has 1 heterocycles. The number of alkyl halides is 2. The Balaban J connectivity index is 1.71. The van der Waals surface area contributed by atoms with Crippen LogP contribution in [0.4, 0.5) is 25.8 Å². The van der Waals surface area contributed by atoms with E-state index in [-0.39, 0.29) is 42.3 Å². The van der Waals surface area contributed by atoms with Gasteiger partial charge in [0.2, 0.25) is 17.7 Å². The summed E-state index contributed by atoms with van der Waals surface area (Å²) in [5.74, 6) is -1.11. The molecule has 2 atom stereocenters. The van der Waals surface area contributed by atoms with Gasteiger partial charge in [-0.05, 0) is 45.2 Å². The first kappa shape index (κ1) is 24.1. The Morgan fingerprint density at radius 2 is 1.88 bits per heavy atom. The van der Waals surface area contributed by atoms with Crippen molar-refractivity contribution in [2.75, 3.05) is 29.1 Å². The van der Waals surface area contributed by atoms with Gasteiger partial charge in [-0.25, -0.2) is 0 Å². The molecule has 2 N–H and O–H groups in total. The number of halogens is 2. The van der Waals surface area contributed by atoms with Gasteiger partial charge in [-0.2, -0.15) is 8.78 Å². The highest BCUT2D eigenvalue weighted by atomic mass is 19.3. The van der Waals surface area contributed by atoms with Gasteiger partial charge in [0.1, 0.15) is 5.75 Å². The maximum Gasteiger partial charge on any atom is 0.387 e. The van der Waals surface area contributed by atoms with Crippen molar-refractivity contribution in [1.82, 2.24) is 4.90 Å². The van der Waals surface area contributed by atoms with Gasteiger partial charge in [0.05, 0.1) is 29.6 Å². The molecule has 0 aromatic heterocycles. The van der Waals surface area contributed by atoms with Crippen LogP contribution in [0.1, 0.15) is 20.3 Å². The Morgan fingerprint density at radius 1 is 1.21 bits per heavy atom. The Labute approximate surface area is 190 Å². The predicted molar refractivity (Wildman–Crippen MR) is 120 cm³/mol. The summed E-state index contributed by atoms with van der Waals surface area (Å²) < 4.78 is 29.7. The number of likely N-dealkylation sites (N-methyl/N-ethyl adjacent to an activating group) is 1. The summed E-state index contributed by atoms with van der Waals surface area (Å²) in [7, 11) is 1.61. The van der Waals surface area contributed by atoms with Crippen LogP contribution >= 0.6 is 0 Å². The number of nitrogens with zero attached hydrogens (tertiary/aromatic N) is 2. The average molecular weight is 460 g/mol. The zero-order chi connectivity index (χ0) is 24.1. The lowest BCUT2D eigenvalue weighted by molar-refractivity contribution is -0.123. The van der Waals surface area contributed by atoms with E-state index < -0.39 is 18.6 Å². The molecule has 0 aliphatic carbocycles. The van der Waals surface area contributed by atoms with Crippen LogP contribution in [0.3, 0.4) is 0 Å². The van der Waals surface area contributed by atoms with Gasteiger partial charge in [0.25, 0.3) is 0 Å². The SMILES string of the molecule is CC(C(=O)Nc1ccccc1OC(F)F)N(C)CC(=O)N1c2ccccc2NC(=O)CC1C. The van der Waals surface area contributed by atoms with Gasteiger partial charge < -0.3 is 20.3 Å². The van der Waals surface area contributed by atoms with Crippen molar-refractivity contribution >= 4 is 34.8 Å². The van der Waals surface area contributed by atoms with E-state index in [9.17, 15) is 23.2 Å². The Hall–Kier alpha value is -3.53. The lowest BCUT2D eigenvalue weighted by atomic mass is 10.1. The number of benzene rings is 2. The summed E-state index contributed by atoms with van der Waals surface area (Å²) in [6, 6.07) is 11.8. The monoisotopic (exact) mass is 460 g/mol. The van der Waals surface area contributed by atoms with Gasteiger partial charge >= 0.3 is 6.61 Å². The Kier molecular flexibility index (Phi) is 7.59. The van der Waals surface area contributed by atoms with E-state index in [1.54, 1.807) is 61.0 Å². The third-order valence-electron chi connectivity index (χ3n) is 5.41. The number of carbonyl (C=O) groups excluding carboxylic acids is 3. The van der Waals surface area contributed by atoms with E-state index in [2.05, 4.69) is 15.4 Å². The summed E-state index contributed by atoms with van der Waals surface area (Å²) in [5, 5.41) is 5.37. The second-order valence-electron chi connectivity index (χ2n) is 7.84. The van der Waals surface area contributed by atoms with Crippen molar-refractivity contribution in [3.8, 4) is 5.75 Å². The fourth-order valence-corrected chi connectivity index (χ4v) is 3.60. The molecule has 0 spiro atoms. The molecule has 0 saturated heterocycles. The maximum atomic E-state index is 13.2. The van der Waals surface area contributed by atoms with Crippen molar-refractivity contribution in [1.29, 1.82) is 0 Å². The molecule has 2 aromatic rings. The Bertz CT molecular complexity index is 1030. The van der Waals surface area contributed by atoms with E-state index in [0.717, 1.165) is 0 Å². The summed E-state index contributed by atoms with van der Waals surface area (Å²) in [5.41, 5.74) is 1.24. The fourth-order valence-electron chi connectivity index (χ4n) is 3.60. The molecule has 0 saturated carbocycles. The maximum absolute atomic E-state index is 13.2. The third kappa shape index (κ3) is 5.83. The van der Waals surface area contributed by atoms with Crippen LogP contribution in [0.2, 0.25) is 0 Å². The highest BCUT2D eigenvalue weighted by Gasteiger charge is 2.31. The number of rotatable bonds is 7. The molecule has 1 aliphatic rings. The van der Waals surface area contributed by atoms with Crippen LogP contribution < -0.4 is 20.3 Å². The third-order valence-corrected chi connectivity index (χ3v) is 5.41. The van der Waals surface area contributed by atoms with Crippen molar-refractivity contribution < 1.29 is 27.9 Å². The number of nitrogens with one attached hydrogen (secondary N) is 2. The van der Waals surface area contributed by atoms with Gasteiger partial charge in [-0.3, -0.25) is 19.3 Å². The van der Waals surface area contributed by atoms with Gasteiger partial charge in [-0.1, -0.05) is 24.3 Å². The zero-order valence-electron chi connectivity index (χ0n) is 18.5. The molecular formula is C23H26F2N4O4. The summed E-state index contributed by atoms with van der Waals surface area (Å²) in [6.45, 7) is 0.261. The number of carbonyl (C=O) groups is 3. The van der Waals surface area contributed by atoms with Crippen LogP contribution in [0.25, 0.3) is 0 Å². The first-order chi connectivity index (χ1) is 15.7. The number of fused-ring (bicyclic) bond motifs is 1. The lowest BCUT2D eigenvalue weighted by Crippen LogP contribution is -2.48. The molecule has 8 nitrogen and oxygen atoms in total. The zero-order valence-corrected chi connectivity index (χ0v) is 18.5. The van der Waals surface area contributed by atoms with Crippen molar-refractivity contribution in [3.63, 3.8) is 0 Å². The normalized spacial score (nSPS) is 16.6.